The molecule has 32 heavy (non-hydrogen) atoms. The van der Waals surface area contributed by atoms with Gasteiger partial charge < -0.3 is 14.8 Å². The summed E-state index contributed by atoms with van der Waals surface area (Å²) in [6.07, 6.45) is 1.05. The minimum atomic E-state index is -4.02. The maximum absolute atomic E-state index is 13.2. The maximum Gasteiger partial charge on any atom is 0.271 e. The van der Waals surface area contributed by atoms with E-state index in [1.807, 2.05) is 0 Å². The Kier molecular flexibility index (Phi) is 8.03. The fourth-order valence-corrected chi connectivity index (χ4v) is 4.62. The number of non-ortho nitro benzene ring substituents is 1. The monoisotopic (exact) mass is 465 g/mol. The second kappa shape index (κ2) is 10.3. The summed E-state index contributed by atoms with van der Waals surface area (Å²) in [4.78, 5) is 23.8. The second-order valence-electron chi connectivity index (χ2n) is 7.07. The van der Waals surface area contributed by atoms with Crippen molar-refractivity contribution in [2.24, 2.45) is 0 Å². The number of sulfonamides is 1. The van der Waals surface area contributed by atoms with Crippen LogP contribution >= 0.6 is 0 Å². The molecule has 2 rings (SSSR count). The van der Waals surface area contributed by atoms with E-state index in [1.54, 1.807) is 38.1 Å². The SMILES string of the molecule is CC[C@@H](C(=O)N[C@H](C)c1ccccc1OC)N(c1cc([N+](=O)[O-])ccc1OC)S(C)(=O)=O. The number of hydrogen-bond acceptors (Lipinski definition) is 7. The zero-order valence-electron chi connectivity index (χ0n) is 18.6. The van der Waals surface area contributed by atoms with Crippen LogP contribution in [0.3, 0.4) is 0 Å². The number of nitrogens with one attached hydrogen (secondary N) is 1. The number of ether oxygens (including phenoxy) is 2. The number of methoxy groups -OCH3 is 2. The number of rotatable bonds is 10. The number of benzene rings is 2. The van der Waals surface area contributed by atoms with Crippen LogP contribution in [-0.2, 0) is 14.8 Å². The molecule has 0 aromatic heterocycles. The maximum atomic E-state index is 13.2. The largest absolute Gasteiger partial charge is 0.496 e. The Bertz CT molecular complexity index is 1090. The summed E-state index contributed by atoms with van der Waals surface area (Å²) in [5.41, 5.74) is 0.306. The van der Waals surface area contributed by atoms with Gasteiger partial charge in [0.25, 0.3) is 5.69 Å². The smallest absolute Gasteiger partial charge is 0.271 e. The number of nitrogens with zero attached hydrogens (tertiary/aromatic N) is 2. The zero-order chi connectivity index (χ0) is 24.1. The molecular weight excluding hydrogens is 438 g/mol. The van der Waals surface area contributed by atoms with Crippen LogP contribution in [0, 0.1) is 10.1 Å². The number of hydrogen-bond donors (Lipinski definition) is 1. The molecule has 2 aromatic rings. The fourth-order valence-electron chi connectivity index (χ4n) is 3.41. The highest BCUT2D eigenvalue weighted by molar-refractivity contribution is 7.92. The number of carbonyl (C=O) groups excluding carboxylic acids is 1. The average molecular weight is 466 g/mol. The van der Waals surface area contributed by atoms with Crippen LogP contribution in [-0.4, -0.2) is 45.8 Å². The molecule has 11 heteroatoms. The van der Waals surface area contributed by atoms with Crippen molar-refractivity contribution < 1.29 is 27.6 Å². The van der Waals surface area contributed by atoms with Crippen LogP contribution in [0.2, 0.25) is 0 Å². The van der Waals surface area contributed by atoms with E-state index < -0.39 is 32.9 Å². The standard InChI is InChI=1S/C21H27N3O7S/c1-6-17(21(25)22-14(2)16-9-7-8-10-19(16)30-3)23(32(5,28)29)18-13-15(24(26)27)11-12-20(18)31-4/h7-14,17H,6H2,1-5H3,(H,22,25)/t14-,17+/m1/s1. The lowest BCUT2D eigenvalue weighted by molar-refractivity contribution is -0.384. The van der Waals surface area contributed by atoms with Gasteiger partial charge in [-0.3, -0.25) is 19.2 Å². The molecule has 0 aliphatic heterocycles. The number of para-hydroxylation sites is 1. The first kappa shape index (κ1) is 24.9. The van der Waals surface area contributed by atoms with Gasteiger partial charge in [0.1, 0.15) is 23.2 Å². The molecule has 0 aliphatic rings. The van der Waals surface area contributed by atoms with Crippen molar-refractivity contribution in [3.8, 4) is 11.5 Å². The van der Waals surface area contributed by atoms with Gasteiger partial charge in [-0.15, -0.1) is 0 Å². The highest BCUT2D eigenvalue weighted by atomic mass is 32.2. The number of anilines is 1. The Labute approximate surface area is 187 Å². The Morgan fingerprint density at radius 1 is 1.16 bits per heavy atom. The van der Waals surface area contributed by atoms with Gasteiger partial charge in [0.15, 0.2) is 0 Å². The van der Waals surface area contributed by atoms with Gasteiger partial charge in [-0.2, -0.15) is 0 Å². The lowest BCUT2D eigenvalue weighted by Gasteiger charge is -2.32. The Balaban J connectivity index is 2.49. The van der Waals surface area contributed by atoms with E-state index >= 15 is 0 Å². The third-order valence-electron chi connectivity index (χ3n) is 4.90. The summed E-state index contributed by atoms with van der Waals surface area (Å²) < 4.78 is 36.9. The van der Waals surface area contributed by atoms with Gasteiger partial charge in [0.2, 0.25) is 15.9 Å². The number of nitro benzene ring substituents is 1. The first-order valence-electron chi connectivity index (χ1n) is 9.80. The van der Waals surface area contributed by atoms with Crippen molar-refractivity contribution in [3.05, 3.63) is 58.1 Å². The highest BCUT2D eigenvalue weighted by Crippen LogP contribution is 2.36. The molecule has 2 aromatic carbocycles. The first-order chi connectivity index (χ1) is 15.0. The van der Waals surface area contributed by atoms with E-state index in [2.05, 4.69) is 5.32 Å². The third-order valence-corrected chi connectivity index (χ3v) is 6.07. The van der Waals surface area contributed by atoms with E-state index in [4.69, 9.17) is 9.47 Å². The molecule has 0 unspecified atom stereocenters. The third kappa shape index (κ3) is 5.47. The van der Waals surface area contributed by atoms with E-state index in [1.165, 1.54) is 26.4 Å². The molecule has 1 amide bonds. The molecule has 174 valence electrons. The molecule has 1 N–H and O–H groups in total. The molecule has 0 radical (unpaired) electrons. The van der Waals surface area contributed by atoms with Crippen molar-refractivity contribution in [3.63, 3.8) is 0 Å². The molecule has 10 nitrogen and oxygen atoms in total. The van der Waals surface area contributed by atoms with Gasteiger partial charge in [-0.05, 0) is 25.5 Å². The summed E-state index contributed by atoms with van der Waals surface area (Å²) in [7, 11) is -1.19. The van der Waals surface area contributed by atoms with Crippen molar-refractivity contribution in [2.75, 3.05) is 24.8 Å². The molecule has 0 aliphatic carbocycles. The molecule has 0 fully saturated rings. The van der Waals surface area contributed by atoms with Crippen molar-refractivity contribution in [1.29, 1.82) is 0 Å². The summed E-state index contributed by atoms with van der Waals surface area (Å²) in [6.45, 7) is 3.40. The second-order valence-corrected chi connectivity index (χ2v) is 8.93. The van der Waals surface area contributed by atoms with Gasteiger partial charge in [-0.25, -0.2) is 8.42 Å². The summed E-state index contributed by atoms with van der Waals surface area (Å²) >= 11 is 0. The van der Waals surface area contributed by atoms with Crippen molar-refractivity contribution in [1.82, 2.24) is 5.32 Å². The van der Waals surface area contributed by atoms with E-state index in [-0.39, 0.29) is 23.5 Å². The molecule has 0 bridgehead atoms. The first-order valence-corrected chi connectivity index (χ1v) is 11.6. The van der Waals surface area contributed by atoms with Crippen LogP contribution in [0.5, 0.6) is 11.5 Å². The minimum Gasteiger partial charge on any atom is -0.496 e. The summed E-state index contributed by atoms with van der Waals surface area (Å²) in [6, 6.07) is 9.08. The summed E-state index contributed by atoms with van der Waals surface area (Å²) in [5.74, 6) is 0.101. The van der Waals surface area contributed by atoms with Gasteiger partial charge in [0, 0.05) is 17.7 Å². The Morgan fingerprint density at radius 3 is 2.31 bits per heavy atom. The van der Waals surface area contributed by atoms with Crippen LogP contribution in [0.25, 0.3) is 0 Å². The van der Waals surface area contributed by atoms with Crippen molar-refractivity contribution in [2.45, 2.75) is 32.4 Å². The summed E-state index contributed by atoms with van der Waals surface area (Å²) in [5, 5.41) is 14.1. The lowest BCUT2D eigenvalue weighted by Crippen LogP contribution is -2.49. The normalized spacial score (nSPS) is 13.0. The van der Waals surface area contributed by atoms with Crippen LogP contribution in [0.4, 0.5) is 11.4 Å². The number of carbonyl (C=O) groups is 1. The molecule has 0 spiro atoms. The quantitative estimate of drug-likeness (QED) is 0.422. The lowest BCUT2D eigenvalue weighted by atomic mass is 10.1. The van der Waals surface area contributed by atoms with Crippen LogP contribution in [0.15, 0.2) is 42.5 Å². The predicted octanol–water partition coefficient (Wildman–Crippen LogP) is 3.03. The molecule has 0 saturated carbocycles. The highest BCUT2D eigenvalue weighted by Gasteiger charge is 2.35. The van der Waals surface area contributed by atoms with Crippen LogP contribution < -0.4 is 19.1 Å². The van der Waals surface area contributed by atoms with Gasteiger partial charge in [-0.1, -0.05) is 25.1 Å². The average Bonchev–Trinajstić information content (AvgIpc) is 2.75. The molecule has 0 saturated heterocycles. The predicted molar refractivity (Wildman–Crippen MR) is 121 cm³/mol. The Hall–Kier alpha value is -3.34. The molecule has 2 atom stereocenters. The van der Waals surface area contributed by atoms with Gasteiger partial charge in [0.05, 0.1) is 31.4 Å². The molecule has 0 heterocycles. The number of amides is 1. The van der Waals surface area contributed by atoms with Crippen molar-refractivity contribution >= 4 is 27.3 Å². The van der Waals surface area contributed by atoms with E-state index in [0.29, 0.717) is 5.75 Å². The minimum absolute atomic E-state index is 0.0869. The Morgan fingerprint density at radius 2 is 1.78 bits per heavy atom. The fraction of sp³-hybridized carbons (Fsp3) is 0.381. The van der Waals surface area contributed by atoms with E-state index in [9.17, 15) is 23.3 Å². The topological polar surface area (TPSA) is 128 Å². The van der Waals surface area contributed by atoms with E-state index in [0.717, 1.165) is 22.2 Å². The van der Waals surface area contributed by atoms with Crippen LogP contribution in [0.1, 0.15) is 31.9 Å². The van der Waals surface area contributed by atoms with Gasteiger partial charge >= 0.3 is 0 Å². The zero-order valence-corrected chi connectivity index (χ0v) is 19.4. The molecular formula is C21H27N3O7S. The number of nitro groups is 1.